The van der Waals surface area contributed by atoms with Gasteiger partial charge in [0.05, 0.1) is 6.10 Å². The lowest BCUT2D eigenvalue weighted by atomic mass is 9.98. The maximum atomic E-state index is 12.2. The lowest BCUT2D eigenvalue weighted by Crippen LogP contribution is -2.30. The van der Waals surface area contributed by atoms with Crippen LogP contribution in [0.3, 0.4) is 0 Å². The van der Waals surface area contributed by atoms with Gasteiger partial charge < -0.3 is 20.3 Å². The second kappa shape index (κ2) is 9.29. The van der Waals surface area contributed by atoms with E-state index in [1.54, 1.807) is 18.5 Å². The normalized spacial score (nSPS) is 14.4. The first-order chi connectivity index (χ1) is 15.1. The molecule has 1 amide bonds. The van der Waals surface area contributed by atoms with Crippen LogP contribution in [-0.2, 0) is 4.74 Å². The van der Waals surface area contributed by atoms with Crippen molar-refractivity contribution < 1.29 is 19.7 Å². The Balaban J connectivity index is 1.29. The second-order valence-electron chi connectivity index (χ2n) is 7.79. The maximum Gasteiger partial charge on any atom is 0.407 e. The van der Waals surface area contributed by atoms with Crippen molar-refractivity contribution in [1.29, 1.82) is 0 Å². The van der Waals surface area contributed by atoms with Gasteiger partial charge in [-0.1, -0.05) is 48.5 Å². The number of aliphatic hydroxyl groups excluding tert-OH is 2. The standard InChI is InChI=1S/C25H26N2O4/c1-16-10-12-26-14-21(16)24(29)23(28)11-13-27-25(30)31-15-22-19-8-4-2-6-17(19)18-7-3-5-9-20(18)22/h2-10,12,14,22-24,28-29H,11,13,15H2,1H3,(H,27,30). The topological polar surface area (TPSA) is 91.7 Å². The highest BCUT2D eigenvalue weighted by atomic mass is 16.5. The minimum atomic E-state index is -1.06. The molecule has 160 valence electrons. The van der Waals surface area contributed by atoms with E-state index in [2.05, 4.69) is 34.6 Å². The van der Waals surface area contributed by atoms with Crippen molar-refractivity contribution in [3.8, 4) is 11.1 Å². The van der Waals surface area contributed by atoms with Crippen molar-refractivity contribution in [2.24, 2.45) is 0 Å². The summed E-state index contributed by atoms with van der Waals surface area (Å²) in [6.07, 6.45) is 0.759. The number of carbonyl (C=O) groups excluding carboxylic acids is 1. The number of alkyl carbamates (subject to hydrolysis) is 1. The van der Waals surface area contributed by atoms with E-state index in [1.807, 2.05) is 31.2 Å². The van der Waals surface area contributed by atoms with Crippen LogP contribution < -0.4 is 5.32 Å². The van der Waals surface area contributed by atoms with Crippen molar-refractivity contribution >= 4 is 6.09 Å². The van der Waals surface area contributed by atoms with Gasteiger partial charge in [-0.05, 0) is 47.2 Å². The molecule has 6 nitrogen and oxygen atoms in total. The lowest BCUT2D eigenvalue weighted by molar-refractivity contribution is 0.0131. The largest absolute Gasteiger partial charge is 0.449 e. The molecule has 0 aliphatic heterocycles. The Kier molecular flexibility index (Phi) is 6.30. The molecular formula is C25H26N2O4. The number of hydrogen-bond donors (Lipinski definition) is 3. The molecule has 2 atom stereocenters. The van der Waals surface area contributed by atoms with E-state index in [1.165, 1.54) is 11.1 Å². The smallest absolute Gasteiger partial charge is 0.407 e. The molecule has 0 bridgehead atoms. The van der Waals surface area contributed by atoms with Crippen LogP contribution in [0.5, 0.6) is 0 Å². The number of benzene rings is 2. The minimum Gasteiger partial charge on any atom is -0.449 e. The first-order valence-corrected chi connectivity index (χ1v) is 10.4. The van der Waals surface area contributed by atoms with Crippen LogP contribution in [0.25, 0.3) is 11.1 Å². The zero-order valence-electron chi connectivity index (χ0n) is 17.4. The van der Waals surface area contributed by atoms with Crippen molar-refractivity contribution in [3.63, 3.8) is 0 Å². The number of fused-ring (bicyclic) bond motifs is 3. The van der Waals surface area contributed by atoms with Gasteiger partial charge in [0.2, 0.25) is 0 Å². The summed E-state index contributed by atoms with van der Waals surface area (Å²) in [5, 5.41) is 23.3. The number of amides is 1. The van der Waals surface area contributed by atoms with Gasteiger partial charge in [-0.2, -0.15) is 0 Å². The summed E-state index contributed by atoms with van der Waals surface area (Å²) in [4.78, 5) is 16.2. The fourth-order valence-corrected chi connectivity index (χ4v) is 4.12. The summed E-state index contributed by atoms with van der Waals surface area (Å²) in [5.74, 6) is -0.000816. The molecule has 0 spiro atoms. The Morgan fingerprint density at radius 1 is 1.06 bits per heavy atom. The van der Waals surface area contributed by atoms with Crippen LogP contribution in [0.4, 0.5) is 4.79 Å². The highest BCUT2D eigenvalue weighted by Gasteiger charge is 2.29. The number of pyridine rings is 1. The molecule has 31 heavy (non-hydrogen) atoms. The van der Waals surface area contributed by atoms with E-state index in [9.17, 15) is 15.0 Å². The zero-order chi connectivity index (χ0) is 21.8. The molecule has 2 unspecified atom stereocenters. The lowest BCUT2D eigenvalue weighted by Gasteiger charge is -2.20. The molecular weight excluding hydrogens is 392 g/mol. The van der Waals surface area contributed by atoms with Crippen LogP contribution in [0, 0.1) is 6.92 Å². The third kappa shape index (κ3) is 4.45. The summed E-state index contributed by atoms with van der Waals surface area (Å²) in [6, 6.07) is 18.1. The van der Waals surface area contributed by atoms with Gasteiger partial charge in [-0.3, -0.25) is 4.98 Å². The van der Waals surface area contributed by atoms with Gasteiger partial charge in [0.1, 0.15) is 12.7 Å². The molecule has 4 rings (SSSR count). The van der Waals surface area contributed by atoms with E-state index < -0.39 is 18.3 Å². The van der Waals surface area contributed by atoms with E-state index in [0.29, 0.717) is 5.56 Å². The fourth-order valence-electron chi connectivity index (χ4n) is 4.12. The average Bonchev–Trinajstić information content (AvgIpc) is 3.11. The third-order valence-electron chi connectivity index (χ3n) is 5.82. The summed E-state index contributed by atoms with van der Waals surface area (Å²) >= 11 is 0. The summed E-state index contributed by atoms with van der Waals surface area (Å²) < 4.78 is 5.48. The van der Waals surface area contributed by atoms with Gasteiger partial charge in [0, 0.05) is 30.4 Å². The van der Waals surface area contributed by atoms with Gasteiger partial charge in [-0.15, -0.1) is 0 Å². The Morgan fingerprint density at radius 3 is 2.35 bits per heavy atom. The zero-order valence-corrected chi connectivity index (χ0v) is 17.4. The van der Waals surface area contributed by atoms with Crippen molar-refractivity contribution in [3.05, 3.63) is 89.2 Å². The second-order valence-corrected chi connectivity index (χ2v) is 7.79. The SMILES string of the molecule is Cc1ccncc1C(O)C(O)CCNC(=O)OCC1c2ccccc2-c2ccccc21. The first-order valence-electron chi connectivity index (χ1n) is 10.4. The molecule has 1 heterocycles. The fraction of sp³-hybridized carbons (Fsp3) is 0.280. The molecule has 2 aromatic carbocycles. The quantitative estimate of drug-likeness (QED) is 0.544. The molecule has 0 radical (unpaired) electrons. The van der Waals surface area contributed by atoms with Crippen molar-refractivity contribution in [2.45, 2.75) is 31.5 Å². The summed E-state index contributed by atoms with van der Waals surface area (Å²) in [6.45, 7) is 2.27. The molecule has 1 aliphatic carbocycles. The predicted octanol–water partition coefficient (Wildman–Crippen LogP) is 3.71. The third-order valence-corrected chi connectivity index (χ3v) is 5.82. The average molecular weight is 418 g/mol. The van der Waals surface area contributed by atoms with E-state index >= 15 is 0 Å². The number of ether oxygens (including phenoxy) is 1. The van der Waals surface area contributed by atoms with Gasteiger partial charge in [-0.25, -0.2) is 4.79 Å². The molecule has 1 aromatic heterocycles. The monoisotopic (exact) mass is 418 g/mol. The van der Waals surface area contributed by atoms with E-state index in [4.69, 9.17) is 4.74 Å². The molecule has 6 heteroatoms. The Labute approximate surface area is 181 Å². The maximum absolute atomic E-state index is 12.2. The molecule has 0 saturated heterocycles. The van der Waals surface area contributed by atoms with Crippen molar-refractivity contribution in [2.75, 3.05) is 13.2 Å². The number of hydrogen-bond acceptors (Lipinski definition) is 5. The predicted molar refractivity (Wildman–Crippen MR) is 118 cm³/mol. The number of aliphatic hydroxyl groups is 2. The number of rotatable bonds is 7. The van der Waals surface area contributed by atoms with Crippen LogP contribution in [0.2, 0.25) is 0 Å². The number of aromatic nitrogens is 1. The number of nitrogens with one attached hydrogen (secondary N) is 1. The first kappa shape index (κ1) is 21.0. The van der Waals surface area contributed by atoms with Crippen LogP contribution in [0.15, 0.2) is 67.0 Å². The molecule has 0 fully saturated rings. The van der Waals surface area contributed by atoms with Gasteiger partial charge in [0.25, 0.3) is 0 Å². The number of nitrogens with zero attached hydrogens (tertiary/aromatic N) is 1. The number of aryl methyl sites for hydroxylation is 1. The van der Waals surface area contributed by atoms with Gasteiger partial charge >= 0.3 is 6.09 Å². The highest BCUT2D eigenvalue weighted by molar-refractivity contribution is 5.79. The Bertz CT molecular complexity index is 1020. The van der Waals surface area contributed by atoms with Crippen LogP contribution >= 0.6 is 0 Å². The Hall–Kier alpha value is -3.22. The minimum absolute atomic E-state index is 0.000816. The molecule has 3 N–H and O–H groups in total. The van der Waals surface area contributed by atoms with Crippen LogP contribution in [0.1, 0.15) is 40.7 Å². The molecule has 0 saturated carbocycles. The van der Waals surface area contributed by atoms with Gasteiger partial charge in [0.15, 0.2) is 0 Å². The number of carbonyl (C=O) groups is 1. The Morgan fingerprint density at radius 2 is 1.71 bits per heavy atom. The summed E-state index contributed by atoms with van der Waals surface area (Å²) in [7, 11) is 0. The summed E-state index contributed by atoms with van der Waals surface area (Å²) in [5.41, 5.74) is 6.09. The highest BCUT2D eigenvalue weighted by Crippen LogP contribution is 2.44. The van der Waals surface area contributed by atoms with E-state index in [-0.39, 0.29) is 25.5 Å². The molecule has 3 aromatic rings. The molecule has 1 aliphatic rings. The van der Waals surface area contributed by atoms with E-state index in [0.717, 1.165) is 16.7 Å². The van der Waals surface area contributed by atoms with Crippen LogP contribution in [-0.4, -0.2) is 40.5 Å². The van der Waals surface area contributed by atoms with Crippen molar-refractivity contribution in [1.82, 2.24) is 10.3 Å².